The van der Waals surface area contributed by atoms with E-state index in [1.807, 2.05) is 17.0 Å². The second-order valence-corrected chi connectivity index (χ2v) is 7.79. The summed E-state index contributed by atoms with van der Waals surface area (Å²) in [5.41, 5.74) is 1.51. The third-order valence-corrected chi connectivity index (χ3v) is 5.77. The lowest BCUT2D eigenvalue weighted by molar-refractivity contribution is -0.146. The number of imide groups is 1. The van der Waals surface area contributed by atoms with E-state index in [1.165, 1.54) is 11.9 Å². The van der Waals surface area contributed by atoms with E-state index in [0.717, 1.165) is 10.5 Å². The zero-order valence-corrected chi connectivity index (χ0v) is 17.7. The first-order valence-corrected chi connectivity index (χ1v) is 10.0. The summed E-state index contributed by atoms with van der Waals surface area (Å²) in [4.78, 5) is 42.1. The minimum absolute atomic E-state index is 0.0970. The van der Waals surface area contributed by atoms with Crippen LogP contribution < -0.4 is 5.32 Å². The van der Waals surface area contributed by atoms with Gasteiger partial charge in [0.2, 0.25) is 0 Å². The van der Waals surface area contributed by atoms with E-state index in [-0.39, 0.29) is 25.1 Å². The molecule has 11 heteroatoms. The topological polar surface area (TPSA) is 97.8 Å². The van der Waals surface area contributed by atoms with Gasteiger partial charge >= 0.3 is 12.0 Å². The normalized spacial score (nSPS) is 26.5. The molecule has 1 N–H and O–H groups in total. The maximum absolute atomic E-state index is 13.0. The molecule has 0 spiro atoms. The van der Waals surface area contributed by atoms with Crippen LogP contribution in [0.15, 0.2) is 29.4 Å². The molecule has 1 aromatic rings. The van der Waals surface area contributed by atoms with Crippen LogP contribution in [0.4, 0.5) is 4.79 Å². The molecule has 3 atom stereocenters. The van der Waals surface area contributed by atoms with Crippen molar-refractivity contribution < 1.29 is 19.1 Å². The molecule has 1 aromatic carbocycles. The number of rotatable bonds is 4. The van der Waals surface area contributed by atoms with Crippen molar-refractivity contribution in [3.63, 3.8) is 0 Å². The van der Waals surface area contributed by atoms with Crippen molar-refractivity contribution in [2.45, 2.75) is 25.4 Å². The van der Waals surface area contributed by atoms with Gasteiger partial charge in [0.15, 0.2) is 6.29 Å². The van der Waals surface area contributed by atoms with Crippen molar-refractivity contribution in [2.24, 2.45) is 5.10 Å². The Balaban J connectivity index is 1.70. The van der Waals surface area contributed by atoms with Crippen LogP contribution in [0.5, 0.6) is 0 Å². The Morgan fingerprint density at radius 3 is 2.63 bits per heavy atom. The summed E-state index contributed by atoms with van der Waals surface area (Å²) in [7, 11) is 3.12. The number of hydrogen-bond donors (Lipinski definition) is 1. The number of urea groups is 1. The third kappa shape index (κ3) is 3.40. The number of benzene rings is 1. The Morgan fingerprint density at radius 1 is 1.27 bits per heavy atom. The monoisotopic (exact) mass is 434 g/mol. The van der Waals surface area contributed by atoms with Crippen molar-refractivity contribution in [1.82, 2.24) is 25.0 Å². The van der Waals surface area contributed by atoms with Gasteiger partial charge in [-0.1, -0.05) is 23.7 Å². The van der Waals surface area contributed by atoms with E-state index in [1.54, 1.807) is 31.1 Å². The van der Waals surface area contributed by atoms with E-state index < -0.39 is 24.5 Å². The molecule has 4 rings (SSSR count). The Hall–Kier alpha value is -2.69. The number of hydrogen-bond acceptors (Lipinski definition) is 8. The summed E-state index contributed by atoms with van der Waals surface area (Å²) in [5.74, 6) is -0.727. The lowest BCUT2D eigenvalue weighted by Crippen LogP contribution is -2.65. The first kappa shape index (κ1) is 20.6. The Bertz CT molecular complexity index is 907. The molecule has 2 fully saturated rings. The molecule has 160 valence electrons. The largest absolute Gasteiger partial charge is 0.465 e. The average Bonchev–Trinajstić information content (AvgIpc) is 3.11. The minimum atomic E-state index is -0.606. The van der Waals surface area contributed by atoms with Crippen molar-refractivity contribution in [1.29, 1.82) is 0 Å². The van der Waals surface area contributed by atoms with Crippen molar-refractivity contribution >= 4 is 35.2 Å². The number of hydrazone groups is 1. The van der Waals surface area contributed by atoms with Crippen LogP contribution in [0.25, 0.3) is 0 Å². The number of carbonyl (C=O) groups excluding carboxylic acids is 3. The summed E-state index contributed by atoms with van der Waals surface area (Å²) in [5, 5.41) is 10.1. The number of ether oxygens (including phenoxy) is 1. The number of nitrogens with zero attached hydrogens (tertiary/aromatic N) is 5. The van der Waals surface area contributed by atoms with Gasteiger partial charge in [-0.05, 0) is 24.6 Å². The van der Waals surface area contributed by atoms with Crippen molar-refractivity contribution in [3.05, 3.63) is 34.9 Å². The quantitative estimate of drug-likeness (QED) is 0.682. The predicted octanol–water partition coefficient (Wildman–Crippen LogP) is 0.330. The Labute approximate surface area is 179 Å². The first-order valence-electron chi connectivity index (χ1n) is 9.63. The highest BCUT2D eigenvalue weighted by molar-refractivity contribution is 6.30. The van der Waals surface area contributed by atoms with Gasteiger partial charge in [0.05, 0.1) is 12.3 Å². The van der Waals surface area contributed by atoms with Gasteiger partial charge in [-0.15, -0.1) is 0 Å². The molecule has 3 unspecified atom stereocenters. The minimum Gasteiger partial charge on any atom is -0.465 e. The highest BCUT2D eigenvalue weighted by Gasteiger charge is 2.56. The number of fused-ring (bicyclic) bond motifs is 3. The number of halogens is 1. The summed E-state index contributed by atoms with van der Waals surface area (Å²) < 4.78 is 5.09. The van der Waals surface area contributed by atoms with Gasteiger partial charge in [0, 0.05) is 25.7 Å². The lowest BCUT2D eigenvalue weighted by Gasteiger charge is -2.41. The molecule has 2 saturated heterocycles. The van der Waals surface area contributed by atoms with Crippen LogP contribution in [-0.2, 0) is 14.3 Å². The maximum Gasteiger partial charge on any atom is 0.327 e. The molecule has 10 nitrogen and oxygen atoms in total. The maximum atomic E-state index is 13.0. The fourth-order valence-electron chi connectivity index (χ4n) is 4.03. The zero-order valence-electron chi connectivity index (χ0n) is 16.9. The van der Waals surface area contributed by atoms with Gasteiger partial charge in [-0.3, -0.25) is 24.8 Å². The van der Waals surface area contributed by atoms with Crippen molar-refractivity contribution in [2.75, 3.05) is 33.8 Å². The molecule has 0 aliphatic carbocycles. The molecule has 3 aliphatic heterocycles. The number of carbonyl (C=O) groups is 3. The van der Waals surface area contributed by atoms with Crippen LogP contribution in [-0.4, -0.2) is 95.6 Å². The van der Waals surface area contributed by atoms with Gasteiger partial charge in [0.1, 0.15) is 18.8 Å². The number of likely N-dealkylation sites (N-methyl/N-ethyl adjacent to an activating group) is 2. The predicted molar refractivity (Wildman–Crippen MR) is 108 cm³/mol. The van der Waals surface area contributed by atoms with Crippen LogP contribution in [0.3, 0.4) is 0 Å². The van der Waals surface area contributed by atoms with Crippen LogP contribution in [0.1, 0.15) is 12.5 Å². The highest BCUT2D eigenvalue weighted by atomic mass is 35.5. The van der Waals surface area contributed by atoms with Crippen molar-refractivity contribution in [3.8, 4) is 0 Å². The van der Waals surface area contributed by atoms with Gasteiger partial charge < -0.3 is 9.64 Å². The molecule has 0 bridgehead atoms. The highest BCUT2D eigenvalue weighted by Crippen LogP contribution is 2.30. The summed E-state index contributed by atoms with van der Waals surface area (Å²) in [6, 6.07) is 6.22. The second-order valence-electron chi connectivity index (χ2n) is 7.35. The molecular formula is C19H23ClN6O4. The zero-order chi connectivity index (χ0) is 21.6. The molecule has 3 heterocycles. The molecule has 30 heavy (non-hydrogen) atoms. The first-order chi connectivity index (χ1) is 14.3. The van der Waals surface area contributed by atoms with E-state index in [0.29, 0.717) is 17.3 Å². The lowest BCUT2D eigenvalue weighted by atomic mass is 10.1. The summed E-state index contributed by atoms with van der Waals surface area (Å²) in [6.07, 6.45) is -1.07. The summed E-state index contributed by atoms with van der Waals surface area (Å²) in [6.45, 7) is 2.26. The standard InChI is InChI=1S/C19H23ClN6O4/c1-4-30-14(27)10-26-18-21-16-15(17(28)24(3)19(29)23(16)2)25(18)9-13(22-26)11-5-7-12(20)8-6-11/h5-8,15-16,18,21H,4,9-10H2,1-3H3. The molecule has 3 amide bonds. The number of esters is 1. The number of amides is 3. The fourth-order valence-corrected chi connectivity index (χ4v) is 4.16. The van der Waals surface area contributed by atoms with E-state index in [4.69, 9.17) is 16.3 Å². The van der Waals surface area contributed by atoms with E-state index >= 15 is 0 Å². The smallest absolute Gasteiger partial charge is 0.327 e. The molecule has 3 aliphatic rings. The van der Waals surface area contributed by atoms with Gasteiger partial charge in [-0.25, -0.2) is 9.69 Å². The molecule has 0 aromatic heterocycles. The van der Waals surface area contributed by atoms with Gasteiger partial charge in [0.25, 0.3) is 5.91 Å². The Morgan fingerprint density at radius 2 is 1.97 bits per heavy atom. The second kappa shape index (κ2) is 7.86. The molecule has 0 saturated carbocycles. The summed E-state index contributed by atoms with van der Waals surface area (Å²) >= 11 is 6.01. The van der Waals surface area contributed by atoms with E-state index in [9.17, 15) is 14.4 Å². The van der Waals surface area contributed by atoms with Crippen LogP contribution in [0.2, 0.25) is 5.02 Å². The van der Waals surface area contributed by atoms with E-state index in [2.05, 4.69) is 10.4 Å². The molecular weight excluding hydrogens is 412 g/mol. The van der Waals surface area contributed by atoms with Crippen LogP contribution >= 0.6 is 11.6 Å². The average molecular weight is 435 g/mol. The Kier molecular flexibility index (Phi) is 5.39. The van der Waals surface area contributed by atoms with Crippen LogP contribution in [0, 0.1) is 0 Å². The number of nitrogens with one attached hydrogen (secondary N) is 1. The third-order valence-electron chi connectivity index (χ3n) is 5.52. The SMILES string of the molecule is CCOC(=O)CN1N=C(c2ccc(Cl)cc2)CN2C3C(=O)N(C)C(=O)N(C)C3NC12. The molecule has 0 radical (unpaired) electrons. The van der Waals surface area contributed by atoms with Gasteiger partial charge in [-0.2, -0.15) is 5.10 Å². The fraction of sp³-hybridized carbons (Fsp3) is 0.474.